The van der Waals surface area contributed by atoms with Crippen molar-refractivity contribution in [3.05, 3.63) is 5.01 Å². The molecule has 0 amide bonds. The van der Waals surface area contributed by atoms with E-state index >= 15 is 0 Å². The van der Waals surface area contributed by atoms with Crippen LogP contribution in [0.1, 0.15) is 24.8 Å². The second-order valence-corrected chi connectivity index (χ2v) is 8.68. The maximum absolute atomic E-state index is 11.7. The number of rotatable bonds is 2. The number of fused-ring (bicyclic) bond motifs is 1. The quantitative estimate of drug-likeness (QED) is 0.797. The summed E-state index contributed by atoms with van der Waals surface area (Å²) < 4.78 is 23.4. The lowest BCUT2D eigenvalue weighted by Gasteiger charge is -2.18. The lowest BCUT2D eigenvalue weighted by atomic mass is 10.2. The van der Waals surface area contributed by atoms with Crippen LogP contribution in [0.3, 0.4) is 0 Å². The monoisotopic (exact) mass is 318 g/mol. The Hall–Kier alpha value is -0.800. The third-order valence-electron chi connectivity index (χ3n) is 3.31. The van der Waals surface area contributed by atoms with Crippen molar-refractivity contribution >= 4 is 43.6 Å². The molecule has 0 bridgehead atoms. The molecule has 104 valence electrons. The summed E-state index contributed by atoms with van der Waals surface area (Å²) in [5, 5.41) is 13.5. The largest absolute Gasteiger partial charge is 0.356 e. The summed E-state index contributed by atoms with van der Waals surface area (Å²) in [5.41, 5.74) is 0. The van der Waals surface area contributed by atoms with E-state index in [9.17, 15) is 8.42 Å². The van der Waals surface area contributed by atoms with Gasteiger partial charge in [-0.15, -0.1) is 10.2 Å². The van der Waals surface area contributed by atoms with Crippen LogP contribution in [0.15, 0.2) is 0 Å². The molecule has 0 aliphatic carbocycles. The Balaban J connectivity index is 1.92. The van der Waals surface area contributed by atoms with Crippen LogP contribution in [-0.4, -0.2) is 47.3 Å². The molecule has 2 aliphatic rings. The van der Waals surface area contributed by atoms with Crippen molar-refractivity contribution in [2.24, 2.45) is 0 Å². The maximum Gasteiger partial charge on any atom is 0.214 e. The van der Waals surface area contributed by atoms with Crippen LogP contribution < -0.4 is 10.2 Å². The summed E-state index contributed by atoms with van der Waals surface area (Å²) in [7, 11) is -2.99. The molecule has 0 unspecified atom stereocenters. The molecule has 0 spiro atoms. The topological polar surface area (TPSA) is 75.2 Å². The van der Waals surface area contributed by atoms with E-state index in [1.165, 1.54) is 11.3 Å². The summed E-state index contributed by atoms with van der Waals surface area (Å²) in [5.74, 6) is 0.574. The van der Waals surface area contributed by atoms with Crippen LogP contribution in [0.5, 0.6) is 0 Å². The van der Waals surface area contributed by atoms with E-state index in [0.717, 1.165) is 5.01 Å². The number of sulfone groups is 1. The SMILES string of the molecule is CC(C)c1nnc(N2C(=S)N[C@@H]3CS(=O)(=O)C[C@H]32)s1. The predicted molar refractivity (Wildman–Crippen MR) is 78.4 cm³/mol. The highest BCUT2D eigenvalue weighted by atomic mass is 32.2. The van der Waals surface area contributed by atoms with Crippen LogP contribution >= 0.6 is 23.6 Å². The molecule has 1 aromatic rings. The minimum Gasteiger partial charge on any atom is -0.356 e. The Morgan fingerprint density at radius 3 is 2.79 bits per heavy atom. The Kier molecular flexibility index (Phi) is 3.02. The standard InChI is InChI=1S/C10H14N4O2S3/c1-5(2)8-12-13-10(18-8)14-7-4-19(15,16)3-6(7)11-9(14)17/h5-7H,3-4H2,1-2H3,(H,11,17)/t6-,7-/m1/s1. The van der Waals surface area contributed by atoms with Crippen LogP contribution in [0, 0.1) is 0 Å². The third kappa shape index (κ3) is 2.23. The van der Waals surface area contributed by atoms with Crippen LogP contribution in [0.25, 0.3) is 0 Å². The van der Waals surface area contributed by atoms with E-state index in [1.54, 1.807) is 0 Å². The van der Waals surface area contributed by atoms with Crippen molar-refractivity contribution in [2.45, 2.75) is 31.8 Å². The molecule has 9 heteroatoms. The highest BCUT2D eigenvalue weighted by molar-refractivity contribution is 7.91. The second-order valence-electron chi connectivity index (χ2n) is 5.15. The first-order valence-corrected chi connectivity index (χ1v) is 9.05. The molecule has 3 rings (SSSR count). The predicted octanol–water partition coefficient (Wildman–Crippen LogP) is 0.522. The summed E-state index contributed by atoms with van der Waals surface area (Å²) in [6.45, 7) is 4.10. The van der Waals surface area contributed by atoms with Crippen molar-refractivity contribution in [2.75, 3.05) is 16.4 Å². The first kappa shape index (κ1) is 13.2. The van der Waals surface area contributed by atoms with E-state index in [4.69, 9.17) is 12.2 Å². The Bertz CT molecular complexity index is 624. The van der Waals surface area contributed by atoms with Gasteiger partial charge in [-0.3, -0.25) is 4.90 Å². The van der Waals surface area contributed by atoms with Crippen LogP contribution in [-0.2, 0) is 9.84 Å². The molecule has 6 nitrogen and oxygen atoms in total. The molecule has 2 saturated heterocycles. The molecule has 19 heavy (non-hydrogen) atoms. The van der Waals surface area contributed by atoms with Crippen LogP contribution in [0.4, 0.5) is 5.13 Å². The van der Waals surface area contributed by atoms with E-state index in [0.29, 0.717) is 16.2 Å². The van der Waals surface area contributed by atoms with E-state index in [1.807, 2.05) is 18.7 Å². The lowest BCUT2D eigenvalue weighted by molar-refractivity contribution is 0.600. The smallest absolute Gasteiger partial charge is 0.214 e. The molecule has 0 saturated carbocycles. The average Bonchev–Trinajstić information content (AvgIpc) is 2.90. The summed E-state index contributed by atoms with van der Waals surface area (Å²) in [4.78, 5) is 1.81. The van der Waals surface area contributed by atoms with Crippen LogP contribution in [0.2, 0.25) is 0 Å². The first-order chi connectivity index (χ1) is 8.87. The fourth-order valence-electron chi connectivity index (χ4n) is 2.39. The Labute approximate surface area is 121 Å². The van der Waals surface area contributed by atoms with Crippen molar-refractivity contribution < 1.29 is 8.42 Å². The van der Waals surface area contributed by atoms with Gasteiger partial charge in [-0.25, -0.2) is 8.42 Å². The number of nitrogens with one attached hydrogen (secondary N) is 1. The fourth-order valence-corrected chi connectivity index (χ4v) is 5.62. The highest BCUT2D eigenvalue weighted by Crippen LogP contribution is 2.33. The fraction of sp³-hybridized carbons (Fsp3) is 0.700. The van der Waals surface area contributed by atoms with Crippen molar-refractivity contribution in [1.82, 2.24) is 15.5 Å². The molecular formula is C10H14N4O2S3. The first-order valence-electron chi connectivity index (χ1n) is 6.01. The number of thiocarbonyl (C=S) groups is 1. The van der Waals surface area contributed by atoms with E-state index in [-0.39, 0.29) is 23.6 Å². The van der Waals surface area contributed by atoms with Crippen molar-refractivity contribution in [3.63, 3.8) is 0 Å². The minimum absolute atomic E-state index is 0.121. The average molecular weight is 318 g/mol. The zero-order valence-corrected chi connectivity index (χ0v) is 13.0. The normalized spacial score (nSPS) is 28.8. The Morgan fingerprint density at radius 1 is 1.42 bits per heavy atom. The van der Waals surface area contributed by atoms with E-state index < -0.39 is 9.84 Å². The summed E-state index contributed by atoms with van der Waals surface area (Å²) in [6, 6.07) is -0.269. The van der Waals surface area contributed by atoms with Gasteiger partial charge in [0.15, 0.2) is 14.9 Å². The number of hydrogen-bond acceptors (Lipinski definition) is 6. The molecule has 2 aliphatic heterocycles. The number of aromatic nitrogens is 2. The Morgan fingerprint density at radius 2 is 2.16 bits per heavy atom. The minimum atomic E-state index is -2.99. The molecule has 2 fully saturated rings. The molecule has 3 heterocycles. The van der Waals surface area contributed by atoms with Gasteiger partial charge in [-0.05, 0) is 12.2 Å². The van der Waals surface area contributed by atoms with Gasteiger partial charge in [-0.2, -0.15) is 0 Å². The summed E-state index contributed by atoms with van der Waals surface area (Å²) >= 11 is 6.76. The van der Waals surface area contributed by atoms with Gasteiger partial charge in [0.1, 0.15) is 5.01 Å². The number of nitrogens with zero attached hydrogens (tertiary/aromatic N) is 3. The van der Waals surface area contributed by atoms with E-state index in [2.05, 4.69) is 15.5 Å². The molecule has 0 aromatic carbocycles. The zero-order chi connectivity index (χ0) is 13.8. The molecule has 0 radical (unpaired) electrons. The molecule has 2 atom stereocenters. The molecular weight excluding hydrogens is 304 g/mol. The van der Waals surface area contributed by atoms with Gasteiger partial charge in [-0.1, -0.05) is 25.2 Å². The second kappa shape index (κ2) is 4.35. The molecule has 1 N–H and O–H groups in total. The van der Waals surface area contributed by atoms with Crippen molar-refractivity contribution in [1.29, 1.82) is 0 Å². The molecule has 1 aromatic heterocycles. The van der Waals surface area contributed by atoms with Crippen molar-refractivity contribution in [3.8, 4) is 0 Å². The number of anilines is 1. The maximum atomic E-state index is 11.7. The van der Waals surface area contributed by atoms with Gasteiger partial charge >= 0.3 is 0 Å². The van der Waals surface area contributed by atoms with Gasteiger partial charge in [0.2, 0.25) is 5.13 Å². The third-order valence-corrected chi connectivity index (χ3v) is 6.57. The number of hydrogen-bond donors (Lipinski definition) is 1. The lowest BCUT2D eigenvalue weighted by Crippen LogP contribution is -2.36. The summed E-state index contributed by atoms with van der Waals surface area (Å²) in [6.07, 6.45) is 0. The van der Waals surface area contributed by atoms with Gasteiger partial charge in [0, 0.05) is 5.92 Å². The van der Waals surface area contributed by atoms with Gasteiger partial charge in [0.05, 0.1) is 23.6 Å². The zero-order valence-electron chi connectivity index (χ0n) is 10.5. The highest BCUT2D eigenvalue weighted by Gasteiger charge is 2.48. The van der Waals surface area contributed by atoms with Gasteiger partial charge < -0.3 is 5.32 Å². The van der Waals surface area contributed by atoms with Gasteiger partial charge in [0.25, 0.3) is 0 Å².